The van der Waals surface area contributed by atoms with Crippen LogP contribution in [0.2, 0.25) is 0 Å². The van der Waals surface area contributed by atoms with Gasteiger partial charge in [0.05, 0.1) is 12.7 Å². The molecular formula is C28H32N4O7S. The Labute approximate surface area is 232 Å². The van der Waals surface area contributed by atoms with Crippen LogP contribution in [0.3, 0.4) is 0 Å². The Morgan fingerprint density at radius 2 is 1.77 bits per heavy atom. The highest BCUT2D eigenvalue weighted by molar-refractivity contribution is 7.93. The number of hydrogen-bond acceptors (Lipinski definition) is 10. The average molecular weight is 569 g/mol. The Morgan fingerprint density at radius 1 is 1.05 bits per heavy atom. The number of benzene rings is 2. The third-order valence-corrected chi connectivity index (χ3v) is 8.69. The van der Waals surface area contributed by atoms with E-state index in [1.165, 1.54) is 5.69 Å². The lowest BCUT2D eigenvalue weighted by atomic mass is 10.0. The zero-order valence-corrected chi connectivity index (χ0v) is 22.8. The first-order chi connectivity index (χ1) is 19.1. The van der Waals surface area contributed by atoms with E-state index in [9.17, 15) is 29.0 Å². The summed E-state index contributed by atoms with van der Waals surface area (Å²) in [4.78, 5) is 4.11. The van der Waals surface area contributed by atoms with Gasteiger partial charge in [-0.3, -0.25) is 0 Å². The molecule has 4 N–H and O–H groups in total. The minimum atomic E-state index is -4.28. The van der Waals surface area contributed by atoms with Crippen molar-refractivity contribution in [3.63, 3.8) is 0 Å². The maximum absolute atomic E-state index is 12.7. The minimum Gasteiger partial charge on any atom is -0.457 e. The number of furan rings is 1. The van der Waals surface area contributed by atoms with Crippen molar-refractivity contribution in [3.8, 4) is 17.4 Å². The number of fused-ring (bicyclic) bond motifs is 1. The van der Waals surface area contributed by atoms with Gasteiger partial charge in [0.2, 0.25) is 0 Å². The van der Waals surface area contributed by atoms with Crippen LogP contribution in [-0.4, -0.2) is 99.4 Å². The molecule has 2 aliphatic heterocycles. The fourth-order valence-electron chi connectivity index (χ4n) is 4.85. The number of nitriles is 1. The number of nitrogens with zero attached hydrogens (tertiary/aromatic N) is 3. The molecule has 3 heterocycles. The van der Waals surface area contributed by atoms with Crippen LogP contribution in [0.5, 0.6) is 0 Å². The van der Waals surface area contributed by atoms with E-state index in [-0.39, 0.29) is 12.4 Å². The standard InChI is InChI=1S/C28H32N4O7S/c1-31-8-10-32(11-9-31)21-5-4-18-12-20(3-2-19(18)13-21)25-7-6-22(39-25)14-23(15-29)40(36,37)30-16-26-28(35)27(34)24(33)17-38-26/h2-7,12-14,24,26-28,30,33-35H,8-11,16-17H2,1H3/b23-14+/t24-,26+,27+,28+/m0/s1. The number of anilines is 1. The molecule has 2 fully saturated rings. The zero-order valence-electron chi connectivity index (χ0n) is 22.0. The number of piperazine rings is 1. The molecular weight excluding hydrogens is 536 g/mol. The van der Waals surface area contributed by atoms with Gasteiger partial charge in [0.1, 0.15) is 35.9 Å². The van der Waals surface area contributed by atoms with Gasteiger partial charge in [0, 0.05) is 50.1 Å². The van der Waals surface area contributed by atoms with Gasteiger partial charge >= 0.3 is 0 Å². The summed E-state index contributed by atoms with van der Waals surface area (Å²) >= 11 is 0. The normalized spacial score (nSPS) is 24.8. The first kappa shape index (κ1) is 28.3. The van der Waals surface area contributed by atoms with E-state index in [2.05, 4.69) is 39.8 Å². The summed E-state index contributed by atoms with van der Waals surface area (Å²) in [5.74, 6) is 0.695. The van der Waals surface area contributed by atoms with Crippen LogP contribution in [0.4, 0.5) is 5.69 Å². The molecule has 0 unspecified atom stereocenters. The van der Waals surface area contributed by atoms with Crippen LogP contribution in [0.1, 0.15) is 5.76 Å². The molecule has 0 spiro atoms. The summed E-state index contributed by atoms with van der Waals surface area (Å²) < 4.78 is 38.8. The molecule has 4 atom stereocenters. The van der Waals surface area contributed by atoms with Crippen LogP contribution in [0.25, 0.3) is 28.2 Å². The number of rotatable bonds is 7. The summed E-state index contributed by atoms with van der Waals surface area (Å²) in [7, 11) is -2.15. The molecule has 3 aromatic rings. The Hall–Kier alpha value is -3.28. The molecule has 11 nitrogen and oxygen atoms in total. The maximum Gasteiger partial charge on any atom is 0.250 e. The molecule has 5 rings (SSSR count). The highest BCUT2D eigenvalue weighted by Gasteiger charge is 2.38. The van der Waals surface area contributed by atoms with Gasteiger partial charge in [-0.25, -0.2) is 13.1 Å². The van der Waals surface area contributed by atoms with Crippen molar-refractivity contribution in [2.24, 2.45) is 0 Å². The highest BCUT2D eigenvalue weighted by atomic mass is 32.2. The van der Waals surface area contributed by atoms with Crippen LogP contribution >= 0.6 is 0 Å². The summed E-state index contributed by atoms with van der Waals surface area (Å²) in [6.07, 6.45) is -4.20. The quantitative estimate of drug-likeness (QED) is 0.304. The predicted molar refractivity (Wildman–Crippen MR) is 150 cm³/mol. The van der Waals surface area contributed by atoms with Gasteiger partial charge in [-0.2, -0.15) is 5.26 Å². The lowest BCUT2D eigenvalue weighted by molar-refractivity contribution is -0.184. The molecule has 40 heavy (non-hydrogen) atoms. The fourth-order valence-corrected chi connectivity index (χ4v) is 5.78. The molecule has 212 valence electrons. The van der Waals surface area contributed by atoms with Crippen LogP contribution < -0.4 is 9.62 Å². The summed E-state index contributed by atoms with van der Waals surface area (Å²) in [5, 5.41) is 41.0. The molecule has 0 radical (unpaired) electrons. The fraction of sp³-hybridized carbons (Fsp3) is 0.393. The minimum absolute atomic E-state index is 0.176. The summed E-state index contributed by atoms with van der Waals surface area (Å²) in [6, 6.07) is 17.3. The molecule has 0 amide bonds. The smallest absolute Gasteiger partial charge is 0.250 e. The van der Waals surface area contributed by atoms with E-state index in [1.54, 1.807) is 18.2 Å². The number of likely N-dealkylation sites (N-methyl/N-ethyl adjacent to an activating group) is 1. The van der Waals surface area contributed by atoms with Gasteiger partial charge < -0.3 is 34.3 Å². The first-order valence-corrected chi connectivity index (χ1v) is 14.5. The maximum atomic E-state index is 12.7. The number of aliphatic hydroxyl groups is 3. The van der Waals surface area contributed by atoms with Crippen LogP contribution in [0.15, 0.2) is 57.9 Å². The number of allylic oxidation sites excluding steroid dienone is 1. The number of ether oxygens (including phenoxy) is 1. The van der Waals surface area contributed by atoms with Crippen molar-refractivity contribution in [2.45, 2.75) is 24.4 Å². The average Bonchev–Trinajstić information content (AvgIpc) is 3.43. The van der Waals surface area contributed by atoms with Crippen molar-refractivity contribution in [1.29, 1.82) is 5.26 Å². The number of nitrogens with one attached hydrogen (secondary N) is 1. The summed E-state index contributed by atoms with van der Waals surface area (Å²) in [5.41, 5.74) is 2.00. The molecule has 0 aliphatic carbocycles. The molecule has 2 aromatic carbocycles. The number of aliphatic hydroxyl groups excluding tert-OH is 3. The number of hydrogen-bond donors (Lipinski definition) is 4. The van der Waals surface area contributed by atoms with E-state index < -0.39 is 45.9 Å². The van der Waals surface area contributed by atoms with Crippen LogP contribution in [0, 0.1) is 11.3 Å². The van der Waals surface area contributed by atoms with Gasteiger partial charge in [0.25, 0.3) is 10.0 Å². The van der Waals surface area contributed by atoms with Gasteiger partial charge in [0.15, 0.2) is 4.91 Å². The highest BCUT2D eigenvalue weighted by Crippen LogP contribution is 2.30. The Kier molecular flexibility index (Phi) is 8.25. The molecule has 2 aliphatic rings. The van der Waals surface area contributed by atoms with Gasteiger partial charge in [-0.05, 0) is 48.2 Å². The zero-order chi connectivity index (χ0) is 28.4. The van der Waals surface area contributed by atoms with E-state index in [4.69, 9.17) is 9.15 Å². The Morgan fingerprint density at radius 3 is 2.52 bits per heavy atom. The second-order valence-corrected chi connectivity index (χ2v) is 11.9. The molecule has 0 bridgehead atoms. The van der Waals surface area contributed by atoms with Crippen molar-refractivity contribution in [1.82, 2.24) is 9.62 Å². The predicted octanol–water partition coefficient (Wildman–Crippen LogP) is 1.12. The lowest BCUT2D eigenvalue weighted by Gasteiger charge is -2.35. The van der Waals surface area contributed by atoms with Crippen molar-refractivity contribution in [3.05, 3.63) is 59.2 Å². The number of sulfonamides is 1. The topological polar surface area (TPSA) is 160 Å². The molecule has 12 heteroatoms. The second kappa shape index (κ2) is 11.7. The van der Waals surface area contributed by atoms with Crippen molar-refractivity contribution in [2.75, 3.05) is 51.3 Å². The largest absolute Gasteiger partial charge is 0.457 e. The monoisotopic (exact) mass is 568 g/mol. The summed E-state index contributed by atoms with van der Waals surface area (Å²) in [6.45, 7) is 3.38. The van der Waals surface area contributed by atoms with E-state index >= 15 is 0 Å². The van der Waals surface area contributed by atoms with Crippen molar-refractivity contribution >= 4 is 32.6 Å². The van der Waals surface area contributed by atoms with Gasteiger partial charge in [-0.15, -0.1) is 0 Å². The third kappa shape index (κ3) is 6.06. The van der Waals surface area contributed by atoms with E-state index in [0.29, 0.717) is 5.76 Å². The van der Waals surface area contributed by atoms with E-state index in [0.717, 1.165) is 48.6 Å². The lowest BCUT2D eigenvalue weighted by Crippen LogP contribution is -2.56. The van der Waals surface area contributed by atoms with Crippen molar-refractivity contribution < 1.29 is 32.9 Å². The second-order valence-electron chi connectivity index (χ2n) is 10.1. The van der Waals surface area contributed by atoms with E-state index in [1.807, 2.05) is 18.2 Å². The molecule has 0 saturated carbocycles. The Balaban J connectivity index is 1.29. The molecule has 1 aromatic heterocycles. The van der Waals surface area contributed by atoms with Gasteiger partial charge in [-0.1, -0.05) is 18.2 Å². The molecule has 2 saturated heterocycles. The Bertz CT molecular complexity index is 1540. The van der Waals surface area contributed by atoms with Crippen LogP contribution in [-0.2, 0) is 14.8 Å². The first-order valence-electron chi connectivity index (χ1n) is 13.0. The third-order valence-electron chi connectivity index (χ3n) is 7.36. The SMILES string of the molecule is CN1CCN(c2ccc3cc(-c4ccc(/C=C(\C#N)S(=O)(=O)NC[C@H]5OC[C@H](O)[C@@H](O)[C@@H]5O)o4)ccc3c2)CC1.